The Morgan fingerprint density at radius 1 is 0.326 bits per heavy atom. The van der Waals surface area contributed by atoms with Crippen molar-refractivity contribution in [2.75, 3.05) is 9.80 Å². The van der Waals surface area contributed by atoms with Crippen LogP contribution in [0.2, 0.25) is 0 Å². The molecule has 2 nitrogen and oxygen atoms in total. The van der Waals surface area contributed by atoms with Crippen molar-refractivity contribution < 1.29 is 0 Å². The van der Waals surface area contributed by atoms with Crippen LogP contribution in [0.25, 0.3) is 30.1 Å². The quantitative estimate of drug-likeness (QED) is 0.172. The first-order valence-electron chi connectivity index (χ1n) is 14.5. The van der Waals surface area contributed by atoms with Crippen molar-refractivity contribution in [1.29, 1.82) is 0 Å². The molecule has 204 valence electrons. The summed E-state index contributed by atoms with van der Waals surface area (Å²) in [6, 6.07) is 61.2. The van der Waals surface area contributed by atoms with Crippen molar-refractivity contribution in [3.05, 3.63) is 170 Å². The Morgan fingerprint density at radius 2 is 0.814 bits per heavy atom. The van der Waals surface area contributed by atoms with Crippen molar-refractivity contribution in [3.63, 3.8) is 0 Å². The fourth-order valence-corrected chi connectivity index (χ4v) is 8.82. The van der Waals surface area contributed by atoms with Crippen LogP contribution in [0.1, 0.15) is 0 Å². The van der Waals surface area contributed by atoms with Gasteiger partial charge in [0.2, 0.25) is 0 Å². The van der Waals surface area contributed by atoms with E-state index in [1.54, 1.807) is 0 Å². The second kappa shape index (κ2) is 11.0. The molecule has 0 fully saturated rings. The summed E-state index contributed by atoms with van der Waals surface area (Å²) in [6.45, 7) is 0. The van der Waals surface area contributed by atoms with Crippen LogP contribution < -0.4 is 9.80 Å². The van der Waals surface area contributed by atoms with E-state index >= 15 is 0 Å². The zero-order chi connectivity index (χ0) is 28.6. The second-order valence-electron chi connectivity index (χ2n) is 10.6. The topological polar surface area (TPSA) is 6.48 Å². The standard InChI is InChI=1S/C40H28N2Se/c1-5-16-30(17-6-1)41(31-18-7-2-8-19-31)34-27-37-36-26-25-29-15-13-14-24-35(29)39(36)43-40(37)38(28-34)42(32-20-9-3-10-21-32)33-22-11-4-12-23-33/h1-28H. The number of para-hydroxylation sites is 4. The van der Waals surface area contributed by atoms with Crippen molar-refractivity contribution >= 4 is 78.7 Å². The van der Waals surface area contributed by atoms with Gasteiger partial charge in [0.15, 0.2) is 0 Å². The van der Waals surface area contributed by atoms with E-state index in [1.807, 2.05) is 0 Å². The van der Waals surface area contributed by atoms with E-state index in [1.165, 1.54) is 35.8 Å². The molecule has 8 rings (SSSR count). The van der Waals surface area contributed by atoms with Crippen LogP contribution >= 0.6 is 0 Å². The van der Waals surface area contributed by atoms with Crippen LogP contribution in [0.15, 0.2) is 170 Å². The molecule has 0 radical (unpaired) electrons. The molecule has 8 aromatic rings. The third-order valence-electron chi connectivity index (χ3n) is 7.98. The molecule has 0 saturated carbocycles. The molecule has 0 aliphatic rings. The van der Waals surface area contributed by atoms with Crippen LogP contribution in [0.4, 0.5) is 34.1 Å². The van der Waals surface area contributed by atoms with Gasteiger partial charge in [-0.05, 0) is 0 Å². The van der Waals surface area contributed by atoms with E-state index in [-0.39, 0.29) is 14.5 Å². The third kappa shape index (κ3) is 4.60. The Morgan fingerprint density at radius 3 is 1.37 bits per heavy atom. The Balaban J connectivity index is 1.49. The molecule has 43 heavy (non-hydrogen) atoms. The summed E-state index contributed by atoms with van der Waals surface area (Å²) in [7, 11) is 0. The molecule has 0 N–H and O–H groups in total. The van der Waals surface area contributed by atoms with Gasteiger partial charge >= 0.3 is 258 Å². The molecule has 0 saturated heterocycles. The SMILES string of the molecule is c1ccc(N(c2ccccc2)c2cc(N(c3ccccc3)c3ccccc3)c3[se]c4c5ccccc5ccc4c3c2)cc1. The fourth-order valence-electron chi connectivity index (χ4n) is 6.05. The number of fused-ring (bicyclic) bond motifs is 5. The predicted octanol–water partition coefficient (Wildman–Crippen LogP) is 11.1. The molecule has 0 amide bonds. The van der Waals surface area contributed by atoms with Crippen LogP contribution in [0.5, 0.6) is 0 Å². The van der Waals surface area contributed by atoms with Crippen molar-refractivity contribution in [3.8, 4) is 0 Å². The molecule has 0 atom stereocenters. The van der Waals surface area contributed by atoms with Crippen molar-refractivity contribution in [2.24, 2.45) is 0 Å². The molecule has 0 bridgehead atoms. The molecular formula is C40H28N2Se. The maximum atomic E-state index is 2.44. The zero-order valence-corrected chi connectivity index (χ0v) is 25.2. The van der Waals surface area contributed by atoms with Gasteiger partial charge in [-0.3, -0.25) is 0 Å². The van der Waals surface area contributed by atoms with Crippen molar-refractivity contribution in [2.45, 2.75) is 0 Å². The Labute approximate surface area is 257 Å². The average Bonchev–Trinajstić information content (AvgIpc) is 3.46. The molecule has 0 spiro atoms. The summed E-state index contributed by atoms with van der Waals surface area (Å²) >= 11 is 0.130. The average molecular weight is 616 g/mol. The van der Waals surface area contributed by atoms with Gasteiger partial charge in [0.1, 0.15) is 0 Å². The van der Waals surface area contributed by atoms with Crippen LogP contribution in [-0.2, 0) is 0 Å². The molecule has 1 heterocycles. The van der Waals surface area contributed by atoms with Crippen LogP contribution in [-0.4, -0.2) is 14.5 Å². The molecule has 0 aliphatic heterocycles. The second-order valence-corrected chi connectivity index (χ2v) is 12.8. The minimum absolute atomic E-state index is 0.130. The summed E-state index contributed by atoms with van der Waals surface area (Å²) in [4.78, 5) is 4.82. The Hall–Kier alpha value is -5.08. The number of anilines is 6. The van der Waals surface area contributed by atoms with Crippen LogP contribution in [0, 0.1) is 0 Å². The van der Waals surface area contributed by atoms with Gasteiger partial charge in [0.25, 0.3) is 0 Å². The Kier molecular flexibility index (Phi) is 6.53. The summed E-state index contributed by atoms with van der Waals surface area (Å²) in [6.07, 6.45) is 0. The summed E-state index contributed by atoms with van der Waals surface area (Å²) in [5.74, 6) is 0. The van der Waals surface area contributed by atoms with Gasteiger partial charge in [0.05, 0.1) is 0 Å². The van der Waals surface area contributed by atoms with E-state index in [2.05, 4.69) is 180 Å². The van der Waals surface area contributed by atoms with Gasteiger partial charge in [0, 0.05) is 0 Å². The summed E-state index contributed by atoms with van der Waals surface area (Å²) < 4.78 is 2.88. The molecular weight excluding hydrogens is 587 g/mol. The normalized spacial score (nSPS) is 11.3. The summed E-state index contributed by atoms with van der Waals surface area (Å²) in [5.41, 5.74) is 6.92. The predicted molar refractivity (Wildman–Crippen MR) is 185 cm³/mol. The molecule has 1 aromatic heterocycles. The molecule has 0 aliphatic carbocycles. The zero-order valence-electron chi connectivity index (χ0n) is 23.5. The van der Waals surface area contributed by atoms with Gasteiger partial charge in [-0.25, -0.2) is 0 Å². The van der Waals surface area contributed by atoms with E-state index in [9.17, 15) is 0 Å². The molecule has 3 heteroatoms. The molecule has 7 aromatic carbocycles. The fraction of sp³-hybridized carbons (Fsp3) is 0. The minimum atomic E-state index is 0.130. The number of nitrogens with zero attached hydrogens (tertiary/aromatic N) is 2. The number of rotatable bonds is 6. The Bertz CT molecular complexity index is 2090. The maximum absolute atomic E-state index is 2.44. The van der Waals surface area contributed by atoms with E-state index in [0.717, 1.165) is 28.4 Å². The van der Waals surface area contributed by atoms with Gasteiger partial charge in [-0.1, -0.05) is 0 Å². The first-order chi connectivity index (χ1) is 21.3. The number of hydrogen-bond acceptors (Lipinski definition) is 2. The third-order valence-corrected chi connectivity index (χ3v) is 10.7. The van der Waals surface area contributed by atoms with E-state index in [0.29, 0.717) is 0 Å². The van der Waals surface area contributed by atoms with Gasteiger partial charge in [-0.15, -0.1) is 0 Å². The first kappa shape index (κ1) is 25.6. The monoisotopic (exact) mass is 616 g/mol. The summed E-state index contributed by atoms with van der Waals surface area (Å²) in [5, 5.41) is 5.33. The van der Waals surface area contributed by atoms with E-state index < -0.39 is 0 Å². The van der Waals surface area contributed by atoms with E-state index in [4.69, 9.17) is 0 Å². The van der Waals surface area contributed by atoms with Gasteiger partial charge in [-0.2, -0.15) is 0 Å². The number of hydrogen-bond donors (Lipinski definition) is 0. The molecule has 0 unspecified atom stereocenters. The van der Waals surface area contributed by atoms with Crippen molar-refractivity contribution in [1.82, 2.24) is 0 Å². The number of benzene rings is 7. The first-order valence-corrected chi connectivity index (χ1v) is 16.2. The van der Waals surface area contributed by atoms with Gasteiger partial charge < -0.3 is 0 Å². The van der Waals surface area contributed by atoms with Crippen LogP contribution in [0.3, 0.4) is 0 Å².